The molecule has 0 amide bonds. The SMILES string of the molecule is CCCNCC(O)c1cc(C)ccc1C. The van der Waals surface area contributed by atoms with Crippen molar-refractivity contribution in [2.75, 3.05) is 13.1 Å². The van der Waals surface area contributed by atoms with E-state index in [-0.39, 0.29) is 0 Å². The van der Waals surface area contributed by atoms with Crippen LogP contribution in [0.5, 0.6) is 0 Å². The summed E-state index contributed by atoms with van der Waals surface area (Å²) in [5.41, 5.74) is 3.40. The summed E-state index contributed by atoms with van der Waals surface area (Å²) in [4.78, 5) is 0. The zero-order chi connectivity index (χ0) is 11.3. The number of benzene rings is 1. The molecule has 1 aromatic carbocycles. The van der Waals surface area contributed by atoms with E-state index in [1.807, 2.05) is 6.92 Å². The molecule has 1 rings (SSSR count). The molecule has 0 aromatic heterocycles. The summed E-state index contributed by atoms with van der Waals surface area (Å²) in [6, 6.07) is 6.20. The standard InChI is InChI=1S/C13H21NO/c1-4-7-14-9-13(15)12-8-10(2)5-6-11(12)3/h5-6,8,13-15H,4,7,9H2,1-3H3. The predicted molar refractivity (Wildman–Crippen MR) is 64.0 cm³/mol. The lowest BCUT2D eigenvalue weighted by atomic mass is 10.0. The van der Waals surface area contributed by atoms with Crippen molar-refractivity contribution >= 4 is 0 Å². The molecule has 0 bridgehead atoms. The topological polar surface area (TPSA) is 32.3 Å². The Bertz CT molecular complexity index is 309. The first-order valence-corrected chi connectivity index (χ1v) is 5.61. The summed E-state index contributed by atoms with van der Waals surface area (Å²) in [5.74, 6) is 0. The highest BCUT2D eigenvalue weighted by molar-refractivity contribution is 5.32. The van der Waals surface area contributed by atoms with Gasteiger partial charge in [0.1, 0.15) is 0 Å². The first kappa shape index (κ1) is 12.2. The smallest absolute Gasteiger partial charge is 0.0917 e. The summed E-state index contributed by atoms with van der Waals surface area (Å²) in [5, 5.41) is 13.2. The van der Waals surface area contributed by atoms with Gasteiger partial charge >= 0.3 is 0 Å². The molecule has 0 heterocycles. The Hall–Kier alpha value is -0.860. The molecule has 84 valence electrons. The van der Waals surface area contributed by atoms with Crippen LogP contribution in [0, 0.1) is 13.8 Å². The van der Waals surface area contributed by atoms with E-state index in [0.29, 0.717) is 6.54 Å². The van der Waals surface area contributed by atoms with Crippen LogP contribution in [0.15, 0.2) is 18.2 Å². The largest absolute Gasteiger partial charge is 0.387 e. The van der Waals surface area contributed by atoms with E-state index in [4.69, 9.17) is 0 Å². The Morgan fingerprint density at radius 2 is 2.07 bits per heavy atom. The highest BCUT2D eigenvalue weighted by Crippen LogP contribution is 2.18. The highest BCUT2D eigenvalue weighted by Gasteiger charge is 2.09. The molecule has 1 atom stereocenters. The molecule has 0 saturated carbocycles. The zero-order valence-corrected chi connectivity index (χ0v) is 9.88. The van der Waals surface area contributed by atoms with Crippen LogP contribution in [-0.2, 0) is 0 Å². The molecule has 0 fully saturated rings. The second-order valence-corrected chi connectivity index (χ2v) is 4.08. The minimum atomic E-state index is -0.392. The van der Waals surface area contributed by atoms with Crippen LogP contribution >= 0.6 is 0 Å². The Morgan fingerprint density at radius 1 is 1.33 bits per heavy atom. The fourth-order valence-electron chi connectivity index (χ4n) is 1.64. The predicted octanol–water partition coefficient (Wildman–Crippen LogP) is 2.34. The molecule has 2 nitrogen and oxygen atoms in total. The van der Waals surface area contributed by atoms with E-state index < -0.39 is 6.10 Å². The van der Waals surface area contributed by atoms with E-state index in [9.17, 15) is 5.11 Å². The molecule has 0 aliphatic heterocycles. The van der Waals surface area contributed by atoms with E-state index in [1.54, 1.807) is 0 Å². The quantitative estimate of drug-likeness (QED) is 0.726. The molecule has 0 aliphatic rings. The lowest BCUT2D eigenvalue weighted by molar-refractivity contribution is 0.174. The fourth-order valence-corrected chi connectivity index (χ4v) is 1.64. The Morgan fingerprint density at radius 3 is 2.73 bits per heavy atom. The normalized spacial score (nSPS) is 12.8. The summed E-state index contributed by atoms with van der Waals surface area (Å²) >= 11 is 0. The van der Waals surface area contributed by atoms with Crippen LogP contribution in [0.1, 0.15) is 36.1 Å². The molecule has 1 aromatic rings. The third-order valence-corrected chi connectivity index (χ3v) is 2.56. The van der Waals surface area contributed by atoms with Gasteiger partial charge in [-0.05, 0) is 37.9 Å². The van der Waals surface area contributed by atoms with Crippen LogP contribution in [-0.4, -0.2) is 18.2 Å². The van der Waals surface area contributed by atoms with Crippen LogP contribution in [0.4, 0.5) is 0 Å². The van der Waals surface area contributed by atoms with E-state index in [1.165, 1.54) is 5.56 Å². The van der Waals surface area contributed by atoms with Crippen molar-refractivity contribution in [1.29, 1.82) is 0 Å². The number of hydrogen-bond donors (Lipinski definition) is 2. The molecule has 0 spiro atoms. The van der Waals surface area contributed by atoms with E-state index in [0.717, 1.165) is 24.1 Å². The monoisotopic (exact) mass is 207 g/mol. The Balaban J connectivity index is 2.64. The maximum atomic E-state index is 9.99. The molecule has 0 aliphatic carbocycles. The third kappa shape index (κ3) is 3.65. The maximum absolute atomic E-state index is 9.99. The minimum absolute atomic E-state index is 0.392. The molecule has 2 heteroatoms. The van der Waals surface area contributed by atoms with Gasteiger partial charge in [0.15, 0.2) is 0 Å². The molecular weight excluding hydrogens is 186 g/mol. The zero-order valence-electron chi connectivity index (χ0n) is 9.88. The third-order valence-electron chi connectivity index (χ3n) is 2.56. The number of nitrogens with one attached hydrogen (secondary N) is 1. The van der Waals surface area contributed by atoms with E-state index in [2.05, 4.69) is 37.4 Å². The second-order valence-electron chi connectivity index (χ2n) is 4.08. The van der Waals surface area contributed by atoms with Crippen LogP contribution < -0.4 is 5.32 Å². The average molecular weight is 207 g/mol. The van der Waals surface area contributed by atoms with Crippen molar-refractivity contribution < 1.29 is 5.11 Å². The number of aryl methyl sites for hydroxylation is 2. The number of aliphatic hydroxyl groups is 1. The minimum Gasteiger partial charge on any atom is -0.387 e. The summed E-state index contributed by atoms with van der Waals surface area (Å²) in [6.07, 6.45) is 0.705. The van der Waals surface area contributed by atoms with Gasteiger partial charge < -0.3 is 10.4 Å². The summed E-state index contributed by atoms with van der Waals surface area (Å²) < 4.78 is 0. The van der Waals surface area contributed by atoms with Gasteiger partial charge in [0.2, 0.25) is 0 Å². The van der Waals surface area contributed by atoms with Gasteiger partial charge in [-0.1, -0.05) is 30.7 Å². The van der Waals surface area contributed by atoms with Crippen molar-refractivity contribution in [2.24, 2.45) is 0 Å². The van der Waals surface area contributed by atoms with Gasteiger partial charge in [-0.15, -0.1) is 0 Å². The Kier molecular flexibility index (Phi) is 4.79. The van der Waals surface area contributed by atoms with Crippen molar-refractivity contribution in [3.8, 4) is 0 Å². The van der Waals surface area contributed by atoms with Gasteiger partial charge in [-0.3, -0.25) is 0 Å². The van der Waals surface area contributed by atoms with Gasteiger partial charge in [0.25, 0.3) is 0 Å². The molecule has 0 radical (unpaired) electrons. The fraction of sp³-hybridized carbons (Fsp3) is 0.538. The number of hydrogen-bond acceptors (Lipinski definition) is 2. The molecule has 0 saturated heterocycles. The van der Waals surface area contributed by atoms with Crippen LogP contribution in [0.25, 0.3) is 0 Å². The molecule has 15 heavy (non-hydrogen) atoms. The molecule has 2 N–H and O–H groups in total. The van der Waals surface area contributed by atoms with Crippen molar-refractivity contribution in [3.63, 3.8) is 0 Å². The van der Waals surface area contributed by atoms with Gasteiger partial charge in [-0.2, -0.15) is 0 Å². The second kappa shape index (κ2) is 5.89. The first-order chi connectivity index (χ1) is 7.15. The molecule has 1 unspecified atom stereocenters. The van der Waals surface area contributed by atoms with Gasteiger partial charge in [-0.25, -0.2) is 0 Å². The van der Waals surface area contributed by atoms with Crippen LogP contribution in [0.2, 0.25) is 0 Å². The maximum Gasteiger partial charge on any atom is 0.0917 e. The first-order valence-electron chi connectivity index (χ1n) is 5.61. The van der Waals surface area contributed by atoms with Crippen molar-refractivity contribution in [2.45, 2.75) is 33.3 Å². The van der Waals surface area contributed by atoms with E-state index >= 15 is 0 Å². The van der Waals surface area contributed by atoms with Gasteiger partial charge in [0, 0.05) is 6.54 Å². The van der Waals surface area contributed by atoms with Crippen LogP contribution in [0.3, 0.4) is 0 Å². The summed E-state index contributed by atoms with van der Waals surface area (Å²) in [6.45, 7) is 7.81. The number of aliphatic hydroxyl groups excluding tert-OH is 1. The van der Waals surface area contributed by atoms with Gasteiger partial charge in [0.05, 0.1) is 6.10 Å². The van der Waals surface area contributed by atoms with Crippen molar-refractivity contribution in [3.05, 3.63) is 34.9 Å². The molecular formula is C13H21NO. The summed E-state index contributed by atoms with van der Waals surface area (Å²) in [7, 11) is 0. The lowest BCUT2D eigenvalue weighted by Crippen LogP contribution is -2.22. The number of rotatable bonds is 5. The Labute approximate surface area is 92.3 Å². The highest BCUT2D eigenvalue weighted by atomic mass is 16.3. The lowest BCUT2D eigenvalue weighted by Gasteiger charge is -2.15. The average Bonchev–Trinajstić information content (AvgIpc) is 2.22. The van der Waals surface area contributed by atoms with Crippen molar-refractivity contribution in [1.82, 2.24) is 5.32 Å².